The summed E-state index contributed by atoms with van der Waals surface area (Å²) in [5, 5.41) is 4.51. The molecule has 0 N–H and O–H groups in total. The van der Waals surface area contributed by atoms with Gasteiger partial charge in [0, 0.05) is 11.3 Å². The van der Waals surface area contributed by atoms with E-state index in [9.17, 15) is 13.6 Å². The van der Waals surface area contributed by atoms with E-state index in [0.29, 0.717) is 16.7 Å². The van der Waals surface area contributed by atoms with Crippen molar-refractivity contribution in [3.05, 3.63) is 77.4 Å². The van der Waals surface area contributed by atoms with Crippen molar-refractivity contribution in [2.75, 3.05) is 0 Å². The average molecular weight is 410 g/mol. The highest BCUT2D eigenvalue weighted by Gasteiger charge is 2.20. The van der Waals surface area contributed by atoms with Crippen molar-refractivity contribution in [3.8, 4) is 5.69 Å². The number of rotatable bonds is 6. The summed E-state index contributed by atoms with van der Waals surface area (Å²) in [5.74, 6) is -0.519. The minimum atomic E-state index is -2.78. The Labute approximate surface area is 171 Å². The van der Waals surface area contributed by atoms with Crippen LogP contribution in [0.15, 0.2) is 54.6 Å². The second-order valence-corrected chi connectivity index (χ2v) is 6.90. The molecule has 2 heterocycles. The number of imidazole rings is 1. The average Bonchev–Trinajstić information content (AvgIpc) is 3.25. The van der Waals surface area contributed by atoms with E-state index >= 15 is 0 Å². The fourth-order valence-corrected chi connectivity index (χ4v) is 3.51. The third-order valence-electron chi connectivity index (χ3n) is 4.99. The van der Waals surface area contributed by atoms with Crippen LogP contribution in [0.3, 0.4) is 0 Å². The predicted molar refractivity (Wildman–Crippen MR) is 108 cm³/mol. The van der Waals surface area contributed by atoms with Crippen LogP contribution in [0.4, 0.5) is 8.78 Å². The molecule has 30 heavy (non-hydrogen) atoms. The number of hydrogen-bond acceptors (Lipinski definition) is 4. The molecule has 0 aliphatic rings. The molecule has 0 aliphatic heterocycles. The van der Waals surface area contributed by atoms with Crippen LogP contribution in [0.1, 0.15) is 29.3 Å². The number of aromatic nitrogens is 4. The molecule has 8 heteroatoms. The van der Waals surface area contributed by atoms with Gasteiger partial charge in [-0.1, -0.05) is 30.3 Å². The van der Waals surface area contributed by atoms with Crippen molar-refractivity contribution in [2.24, 2.45) is 0 Å². The molecule has 4 aromatic rings. The van der Waals surface area contributed by atoms with Gasteiger partial charge in [0.15, 0.2) is 5.82 Å². The molecule has 154 valence electrons. The van der Waals surface area contributed by atoms with E-state index in [0.717, 1.165) is 21.5 Å². The molecular formula is C22H20F2N4O2. The minimum Gasteiger partial charge on any atom is -0.457 e. The first kappa shape index (κ1) is 19.8. The molecule has 6 nitrogen and oxygen atoms in total. The highest BCUT2D eigenvalue weighted by molar-refractivity contribution is 5.76. The van der Waals surface area contributed by atoms with Gasteiger partial charge in [-0.2, -0.15) is 13.9 Å². The van der Waals surface area contributed by atoms with Gasteiger partial charge in [-0.15, -0.1) is 0 Å². The van der Waals surface area contributed by atoms with Gasteiger partial charge < -0.3 is 4.74 Å². The number of esters is 1. The number of para-hydroxylation sites is 3. The smallest absolute Gasteiger partial charge is 0.320 e. The number of aryl methyl sites for hydroxylation is 1. The van der Waals surface area contributed by atoms with Crippen LogP contribution in [0, 0.1) is 13.8 Å². The molecule has 0 saturated heterocycles. The maximum atomic E-state index is 13.5. The summed E-state index contributed by atoms with van der Waals surface area (Å²) in [6.45, 7) is 0.597. The largest absolute Gasteiger partial charge is 0.457 e. The Morgan fingerprint density at radius 2 is 1.77 bits per heavy atom. The third-order valence-corrected chi connectivity index (χ3v) is 4.99. The molecule has 0 bridgehead atoms. The van der Waals surface area contributed by atoms with E-state index in [1.54, 1.807) is 28.9 Å². The molecule has 0 saturated carbocycles. The highest BCUT2D eigenvalue weighted by atomic mass is 19.3. The lowest BCUT2D eigenvalue weighted by molar-refractivity contribution is -0.144. The summed E-state index contributed by atoms with van der Waals surface area (Å²) in [6, 6.07) is 16.2. The zero-order chi connectivity index (χ0) is 21.3. The Hall–Kier alpha value is -3.55. The third kappa shape index (κ3) is 3.68. The Balaban J connectivity index is 1.51. The second kappa shape index (κ2) is 8.06. The van der Waals surface area contributed by atoms with Gasteiger partial charge in [0.1, 0.15) is 6.61 Å². The first-order valence-electron chi connectivity index (χ1n) is 9.46. The number of fused-ring (bicyclic) bond motifs is 1. The SMILES string of the molecule is Cc1nn(-c2ccccc2)c(C)c1CC(=O)OCc1nc2ccccc2n1C(F)F. The number of benzene rings is 2. The lowest BCUT2D eigenvalue weighted by Gasteiger charge is -2.09. The first-order valence-corrected chi connectivity index (χ1v) is 9.46. The Kier molecular flexibility index (Phi) is 5.31. The lowest BCUT2D eigenvalue weighted by Crippen LogP contribution is -2.13. The maximum Gasteiger partial charge on any atom is 0.320 e. The van der Waals surface area contributed by atoms with Gasteiger partial charge >= 0.3 is 12.5 Å². The van der Waals surface area contributed by atoms with Crippen LogP contribution in [-0.2, 0) is 22.6 Å². The molecule has 0 radical (unpaired) electrons. The predicted octanol–water partition coefficient (Wildman–Crippen LogP) is 4.52. The number of carbonyl (C=O) groups excluding carboxylic acids is 1. The minimum absolute atomic E-state index is 0.000588. The van der Waals surface area contributed by atoms with Crippen LogP contribution in [0.2, 0.25) is 0 Å². The van der Waals surface area contributed by atoms with E-state index in [-0.39, 0.29) is 18.9 Å². The molecule has 4 rings (SSSR count). The molecular weight excluding hydrogens is 390 g/mol. The Bertz CT molecular complexity index is 1200. The van der Waals surface area contributed by atoms with E-state index < -0.39 is 12.5 Å². The maximum absolute atomic E-state index is 13.5. The summed E-state index contributed by atoms with van der Waals surface area (Å²) in [7, 11) is 0. The first-order chi connectivity index (χ1) is 14.5. The molecule has 2 aromatic heterocycles. The van der Waals surface area contributed by atoms with Crippen molar-refractivity contribution in [2.45, 2.75) is 33.4 Å². The number of halogens is 2. The number of alkyl halides is 2. The van der Waals surface area contributed by atoms with E-state index in [2.05, 4.69) is 10.1 Å². The van der Waals surface area contributed by atoms with Gasteiger partial charge in [0.25, 0.3) is 0 Å². The molecule has 0 spiro atoms. The van der Waals surface area contributed by atoms with Crippen molar-refractivity contribution in [1.29, 1.82) is 0 Å². The fourth-order valence-electron chi connectivity index (χ4n) is 3.51. The van der Waals surface area contributed by atoms with Crippen LogP contribution in [0.5, 0.6) is 0 Å². The van der Waals surface area contributed by atoms with Crippen LogP contribution < -0.4 is 0 Å². The highest BCUT2D eigenvalue weighted by Crippen LogP contribution is 2.24. The fraction of sp³-hybridized carbons (Fsp3) is 0.227. The normalized spacial score (nSPS) is 11.4. The topological polar surface area (TPSA) is 61.9 Å². The quantitative estimate of drug-likeness (QED) is 0.439. The lowest BCUT2D eigenvalue weighted by atomic mass is 10.1. The number of hydrogen-bond donors (Lipinski definition) is 0. The van der Waals surface area contributed by atoms with Crippen molar-refractivity contribution < 1.29 is 18.3 Å². The summed E-state index contributed by atoms with van der Waals surface area (Å²) < 4.78 is 34.8. The molecule has 0 amide bonds. The standard InChI is InChI=1S/C22H20F2N4O2/c1-14-17(15(2)28(26-14)16-8-4-3-5-9-16)12-21(29)30-13-20-25-18-10-6-7-11-19(18)27(20)22(23)24/h3-11,22H,12-13H2,1-2H3. The second-order valence-electron chi connectivity index (χ2n) is 6.90. The molecule has 0 atom stereocenters. The van der Waals surface area contributed by atoms with Crippen LogP contribution >= 0.6 is 0 Å². The van der Waals surface area contributed by atoms with Crippen LogP contribution in [-0.4, -0.2) is 25.3 Å². The summed E-state index contributed by atoms with van der Waals surface area (Å²) in [6.07, 6.45) is -0.000588. The van der Waals surface area contributed by atoms with Crippen molar-refractivity contribution in [1.82, 2.24) is 19.3 Å². The van der Waals surface area contributed by atoms with Gasteiger partial charge in [-0.3, -0.25) is 9.36 Å². The molecule has 0 fully saturated rings. The van der Waals surface area contributed by atoms with E-state index in [1.165, 1.54) is 0 Å². The van der Waals surface area contributed by atoms with Gasteiger partial charge in [-0.25, -0.2) is 9.67 Å². The zero-order valence-corrected chi connectivity index (χ0v) is 16.5. The van der Waals surface area contributed by atoms with Gasteiger partial charge in [-0.05, 0) is 38.1 Å². The Morgan fingerprint density at radius 3 is 2.50 bits per heavy atom. The van der Waals surface area contributed by atoms with Crippen molar-refractivity contribution in [3.63, 3.8) is 0 Å². The summed E-state index contributed by atoms with van der Waals surface area (Å²) >= 11 is 0. The number of ether oxygens (including phenoxy) is 1. The van der Waals surface area contributed by atoms with E-state index in [4.69, 9.17) is 4.74 Å². The van der Waals surface area contributed by atoms with Crippen LogP contribution in [0.25, 0.3) is 16.7 Å². The monoisotopic (exact) mass is 410 g/mol. The number of carbonyl (C=O) groups is 1. The molecule has 2 aromatic carbocycles. The summed E-state index contributed by atoms with van der Waals surface area (Å²) in [5.41, 5.74) is 3.92. The van der Waals surface area contributed by atoms with Crippen molar-refractivity contribution >= 4 is 17.0 Å². The molecule has 0 aliphatic carbocycles. The van der Waals surface area contributed by atoms with Gasteiger partial charge in [0.05, 0.1) is 28.8 Å². The zero-order valence-electron chi connectivity index (χ0n) is 16.5. The van der Waals surface area contributed by atoms with Gasteiger partial charge in [0.2, 0.25) is 0 Å². The van der Waals surface area contributed by atoms with E-state index in [1.807, 2.05) is 44.2 Å². The number of nitrogens with zero attached hydrogens (tertiary/aromatic N) is 4. The Morgan fingerprint density at radius 1 is 1.07 bits per heavy atom. The molecule has 0 unspecified atom stereocenters. The summed E-state index contributed by atoms with van der Waals surface area (Å²) in [4.78, 5) is 16.6.